The van der Waals surface area contributed by atoms with Crippen molar-refractivity contribution >= 4 is 6.03 Å². The smallest absolute Gasteiger partial charge is 0.315 e. The highest BCUT2D eigenvalue weighted by Crippen LogP contribution is 2.36. The van der Waals surface area contributed by atoms with Gasteiger partial charge in [0.05, 0.1) is 12.8 Å². The summed E-state index contributed by atoms with van der Waals surface area (Å²) >= 11 is 0. The molecule has 6 nitrogen and oxygen atoms in total. The number of carbonyl (C=O) groups excluding carboxylic acids is 1. The van der Waals surface area contributed by atoms with Crippen LogP contribution in [-0.4, -0.2) is 19.4 Å². The molecule has 1 aliphatic rings. The zero-order valence-electron chi connectivity index (χ0n) is 13.2. The molecule has 0 fully saturated rings. The van der Waals surface area contributed by atoms with Gasteiger partial charge in [0, 0.05) is 12.0 Å². The Morgan fingerprint density at radius 3 is 2.78 bits per heavy atom. The van der Waals surface area contributed by atoms with E-state index in [2.05, 4.69) is 24.5 Å². The van der Waals surface area contributed by atoms with E-state index in [4.69, 9.17) is 13.9 Å². The number of benzene rings is 1. The summed E-state index contributed by atoms with van der Waals surface area (Å²) in [5, 5.41) is 5.65. The van der Waals surface area contributed by atoms with E-state index < -0.39 is 0 Å². The van der Waals surface area contributed by atoms with E-state index in [1.54, 1.807) is 12.3 Å². The van der Waals surface area contributed by atoms with Crippen molar-refractivity contribution < 1.29 is 18.7 Å². The Kier molecular flexibility index (Phi) is 4.14. The topological polar surface area (TPSA) is 72.7 Å². The lowest BCUT2D eigenvalue weighted by molar-refractivity contribution is 0.174. The molecular formula is C17H20N2O4. The van der Waals surface area contributed by atoms with Gasteiger partial charge in [-0.1, -0.05) is 19.9 Å². The third kappa shape index (κ3) is 3.59. The second-order valence-corrected chi connectivity index (χ2v) is 6.07. The average molecular weight is 316 g/mol. The van der Waals surface area contributed by atoms with Crippen molar-refractivity contribution in [1.82, 2.24) is 10.6 Å². The van der Waals surface area contributed by atoms with E-state index in [9.17, 15) is 4.79 Å². The van der Waals surface area contributed by atoms with Crippen LogP contribution in [0.15, 0.2) is 41.0 Å². The summed E-state index contributed by atoms with van der Waals surface area (Å²) < 4.78 is 15.9. The molecule has 2 amide bonds. The van der Waals surface area contributed by atoms with Crippen LogP contribution in [0.1, 0.15) is 25.2 Å². The molecule has 2 N–H and O–H groups in total. The van der Waals surface area contributed by atoms with Crippen LogP contribution in [0.25, 0.3) is 0 Å². The molecule has 3 rings (SSSR count). The van der Waals surface area contributed by atoms with Crippen molar-refractivity contribution in [2.75, 3.05) is 13.3 Å². The van der Waals surface area contributed by atoms with Gasteiger partial charge >= 0.3 is 6.03 Å². The van der Waals surface area contributed by atoms with E-state index in [0.29, 0.717) is 13.1 Å². The molecule has 1 aromatic heterocycles. The second-order valence-electron chi connectivity index (χ2n) is 6.07. The number of amides is 2. The van der Waals surface area contributed by atoms with Crippen LogP contribution in [0.2, 0.25) is 0 Å². The molecule has 122 valence electrons. The minimum atomic E-state index is -0.233. The molecule has 0 radical (unpaired) electrons. The second kappa shape index (κ2) is 6.24. The number of hydrogen-bond donors (Lipinski definition) is 2. The van der Waals surface area contributed by atoms with Crippen LogP contribution in [0.5, 0.6) is 11.5 Å². The zero-order valence-corrected chi connectivity index (χ0v) is 13.2. The van der Waals surface area contributed by atoms with E-state index in [1.807, 2.05) is 24.3 Å². The molecule has 2 heterocycles. The van der Waals surface area contributed by atoms with Gasteiger partial charge in [-0.3, -0.25) is 0 Å². The highest BCUT2D eigenvalue weighted by molar-refractivity contribution is 5.73. The number of fused-ring (bicyclic) bond motifs is 1. The summed E-state index contributed by atoms with van der Waals surface area (Å²) in [6.45, 7) is 5.25. The number of urea groups is 1. The minimum absolute atomic E-state index is 0.227. The fourth-order valence-electron chi connectivity index (χ4n) is 2.36. The summed E-state index contributed by atoms with van der Waals surface area (Å²) in [7, 11) is 0. The van der Waals surface area contributed by atoms with Gasteiger partial charge in [0.2, 0.25) is 6.79 Å². The lowest BCUT2D eigenvalue weighted by Crippen LogP contribution is -2.42. The predicted molar refractivity (Wildman–Crippen MR) is 84.5 cm³/mol. The summed E-state index contributed by atoms with van der Waals surface area (Å²) in [6.07, 6.45) is 1.58. The molecule has 1 aromatic carbocycles. The van der Waals surface area contributed by atoms with Crippen LogP contribution >= 0.6 is 0 Å². The first-order valence-corrected chi connectivity index (χ1v) is 7.49. The van der Waals surface area contributed by atoms with Crippen LogP contribution in [-0.2, 0) is 12.0 Å². The summed E-state index contributed by atoms with van der Waals surface area (Å²) in [6, 6.07) is 9.24. The van der Waals surface area contributed by atoms with E-state index in [-0.39, 0.29) is 18.2 Å². The van der Waals surface area contributed by atoms with Gasteiger partial charge in [-0.2, -0.15) is 0 Å². The number of rotatable bonds is 5. The lowest BCUT2D eigenvalue weighted by Gasteiger charge is -2.26. The Morgan fingerprint density at radius 2 is 2.00 bits per heavy atom. The summed E-state index contributed by atoms with van der Waals surface area (Å²) in [5.74, 6) is 2.22. The molecule has 1 aliphatic heterocycles. The maximum atomic E-state index is 11.9. The molecule has 0 spiro atoms. The number of hydrogen-bond acceptors (Lipinski definition) is 4. The van der Waals surface area contributed by atoms with Crippen molar-refractivity contribution in [2.45, 2.75) is 25.8 Å². The standard InChI is InChI=1S/C17H20N2O4/c1-17(2,12-5-6-14-15(8-12)23-11-22-14)10-19-16(20)18-9-13-4-3-7-21-13/h3-8H,9-11H2,1-2H3,(H2,18,19,20). The molecule has 0 aliphatic carbocycles. The average Bonchev–Trinajstić information content (AvgIpc) is 3.21. The van der Waals surface area contributed by atoms with Crippen LogP contribution in [0.4, 0.5) is 4.79 Å². The molecular weight excluding hydrogens is 296 g/mol. The van der Waals surface area contributed by atoms with Crippen molar-refractivity contribution in [2.24, 2.45) is 0 Å². The van der Waals surface area contributed by atoms with Crippen molar-refractivity contribution in [3.8, 4) is 11.5 Å². The van der Waals surface area contributed by atoms with E-state index in [0.717, 1.165) is 22.8 Å². The Bertz CT molecular complexity index is 680. The van der Waals surface area contributed by atoms with Gasteiger partial charge in [0.15, 0.2) is 11.5 Å². The number of ether oxygens (including phenoxy) is 2. The van der Waals surface area contributed by atoms with Crippen LogP contribution in [0, 0.1) is 0 Å². The van der Waals surface area contributed by atoms with Gasteiger partial charge in [0.1, 0.15) is 5.76 Å². The maximum absolute atomic E-state index is 11.9. The normalized spacial score (nSPS) is 13.0. The number of nitrogens with one attached hydrogen (secondary N) is 2. The molecule has 23 heavy (non-hydrogen) atoms. The molecule has 0 atom stereocenters. The fourth-order valence-corrected chi connectivity index (χ4v) is 2.36. The molecule has 6 heteroatoms. The van der Waals surface area contributed by atoms with Crippen LogP contribution in [0.3, 0.4) is 0 Å². The van der Waals surface area contributed by atoms with E-state index >= 15 is 0 Å². The highest BCUT2D eigenvalue weighted by atomic mass is 16.7. The van der Waals surface area contributed by atoms with Gasteiger partial charge < -0.3 is 24.5 Å². The Hall–Kier alpha value is -2.63. The van der Waals surface area contributed by atoms with Gasteiger partial charge in [0.25, 0.3) is 0 Å². The summed E-state index contributed by atoms with van der Waals surface area (Å²) in [4.78, 5) is 11.9. The first-order valence-electron chi connectivity index (χ1n) is 7.49. The summed E-state index contributed by atoms with van der Waals surface area (Å²) in [5.41, 5.74) is 0.844. The minimum Gasteiger partial charge on any atom is -0.467 e. The van der Waals surface area contributed by atoms with E-state index in [1.165, 1.54) is 0 Å². The monoisotopic (exact) mass is 316 g/mol. The van der Waals surface area contributed by atoms with Gasteiger partial charge in [-0.25, -0.2) is 4.79 Å². The lowest BCUT2D eigenvalue weighted by atomic mass is 9.84. The first kappa shape index (κ1) is 15.3. The SMILES string of the molecule is CC(C)(CNC(=O)NCc1ccco1)c1ccc2c(c1)OCO2. The van der Waals surface area contributed by atoms with Crippen molar-refractivity contribution in [3.63, 3.8) is 0 Å². The van der Waals surface area contributed by atoms with Gasteiger partial charge in [-0.05, 0) is 29.8 Å². The highest BCUT2D eigenvalue weighted by Gasteiger charge is 2.24. The van der Waals surface area contributed by atoms with Crippen molar-refractivity contribution in [1.29, 1.82) is 0 Å². The Balaban J connectivity index is 1.54. The Labute approximate surface area is 134 Å². The molecule has 0 unspecified atom stereocenters. The molecule has 0 bridgehead atoms. The first-order chi connectivity index (χ1) is 11.0. The zero-order chi connectivity index (χ0) is 16.3. The predicted octanol–water partition coefficient (Wildman–Crippen LogP) is 2.79. The fraction of sp³-hybridized carbons (Fsp3) is 0.353. The third-order valence-corrected chi connectivity index (χ3v) is 3.85. The Morgan fingerprint density at radius 1 is 1.17 bits per heavy atom. The number of furan rings is 1. The third-order valence-electron chi connectivity index (χ3n) is 3.85. The van der Waals surface area contributed by atoms with Crippen molar-refractivity contribution in [3.05, 3.63) is 47.9 Å². The molecule has 2 aromatic rings. The van der Waals surface area contributed by atoms with Crippen LogP contribution < -0.4 is 20.1 Å². The quantitative estimate of drug-likeness (QED) is 0.889. The molecule has 0 saturated carbocycles. The number of carbonyl (C=O) groups is 1. The molecule has 0 saturated heterocycles. The maximum Gasteiger partial charge on any atom is 0.315 e. The largest absolute Gasteiger partial charge is 0.467 e. The van der Waals surface area contributed by atoms with Gasteiger partial charge in [-0.15, -0.1) is 0 Å².